The average molecular weight is 273 g/mol. The maximum Gasteiger partial charge on any atom is 0.327 e. The molecule has 2 aromatic carbocycles. The summed E-state index contributed by atoms with van der Waals surface area (Å²) in [6.07, 6.45) is 0. The fourth-order valence-electron chi connectivity index (χ4n) is 1.97. The third-order valence-electron chi connectivity index (χ3n) is 2.97. The zero-order valence-corrected chi connectivity index (χ0v) is 11.2. The fourth-order valence-corrected chi connectivity index (χ4v) is 1.97. The lowest BCUT2D eigenvalue weighted by molar-refractivity contribution is -0.143. The van der Waals surface area contributed by atoms with Crippen molar-refractivity contribution < 1.29 is 13.9 Å². The van der Waals surface area contributed by atoms with Crippen molar-refractivity contribution in [3.63, 3.8) is 0 Å². The highest BCUT2D eigenvalue weighted by atomic mass is 19.1. The summed E-state index contributed by atoms with van der Waals surface area (Å²) >= 11 is 0. The molecule has 0 saturated carbocycles. The van der Waals surface area contributed by atoms with E-state index >= 15 is 0 Å². The molecule has 0 saturated heterocycles. The van der Waals surface area contributed by atoms with Gasteiger partial charge in [-0.1, -0.05) is 42.5 Å². The predicted octanol–water partition coefficient (Wildman–Crippen LogP) is 2.83. The van der Waals surface area contributed by atoms with Gasteiger partial charge in [0.2, 0.25) is 0 Å². The van der Waals surface area contributed by atoms with Crippen LogP contribution in [-0.4, -0.2) is 13.1 Å². The Bertz CT molecular complexity index is 572. The first kappa shape index (κ1) is 14.2. The molecule has 104 valence electrons. The predicted molar refractivity (Wildman–Crippen MR) is 74.4 cm³/mol. The van der Waals surface area contributed by atoms with Crippen LogP contribution in [0, 0.1) is 5.82 Å². The van der Waals surface area contributed by atoms with E-state index in [0.29, 0.717) is 6.54 Å². The molecule has 0 aromatic heterocycles. The van der Waals surface area contributed by atoms with Crippen LogP contribution >= 0.6 is 0 Å². The van der Waals surface area contributed by atoms with Gasteiger partial charge >= 0.3 is 5.97 Å². The van der Waals surface area contributed by atoms with E-state index in [2.05, 4.69) is 5.32 Å². The van der Waals surface area contributed by atoms with Crippen molar-refractivity contribution in [2.75, 3.05) is 7.11 Å². The molecular formula is C16H16FNO2. The third-order valence-corrected chi connectivity index (χ3v) is 2.97. The van der Waals surface area contributed by atoms with E-state index in [0.717, 1.165) is 11.1 Å². The summed E-state index contributed by atoms with van der Waals surface area (Å²) in [6.45, 7) is 0.381. The zero-order chi connectivity index (χ0) is 14.4. The molecule has 4 heteroatoms. The van der Waals surface area contributed by atoms with E-state index < -0.39 is 6.04 Å². The molecule has 0 radical (unpaired) electrons. The second-order valence-corrected chi connectivity index (χ2v) is 4.38. The Labute approximate surface area is 117 Å². The Morgan fingerprint density at radius 1 is 1.20 bits per heavy atom. The number of nitrogens with one attached hydrogen (secondary N) is 1. The fraction of sp³-hybridized carbons (Fsp3) is 0.188. The molecule has 0 fully saturated rings. The zero-order valence-electron chi connectivity index (χ0n) is 11.2. The lowest BCUT2D eigenvalue weighted by atomic mass is 10.1. The van der Waals surface area contributed by atoms with E-state index in [9.17, 15) is 9.18 Å². The second-order valence-electron chi connectivity index (χ2n) is 4.38. The monoisotopic (exact) mass is 273 g/mol. The van der Waals surface area contributed by atoms with Crippen molar-refractivity contribution in [3.05, 3.63) is 71.5 Å². The second kappa shape index (κ2) is 6.82. The van der Waals surface area contributed by atoms with Crippen LogP contribution in [0.1, 0.15) is 17.2 Å². The summed E-state index contributed by atoms with van der Waals surface area (Å²) < 4.78 is 17.9. The van der Waals surface area contributed by atoms with Crippen LogP contribution < -0.4 is 5.32 Å². The van der Waals surface area contributed by atoms with Gasteiger partial charge in [-0.2, -0.15) is 0 Å². The maximum atomic E-state index is 13.1. The summed E-state index contributed by atoms with van der Waals surface area (Å²) in [5.74, 6) is -0.661. The first-order chi connectivity index (χ1) is 9.70. The minimum absolute atomic E-state index is 0.293. The normalized spacial score (nSPS) is 11.9. The minimum atomic E-state index is -0.565. The van der Waals surface area contributed by atoms with Gasteiger partial charge in [-0.05, 0) is 23.3 Å². The summed E-state index contributed by atoms with van der Waals surface area (Å²) in [4.78, 5) is 11.8. The van der Waals surface area contributed by atoms with E-state index in [4.69, 9.17) is 4.74 Å². The van der Waals surface area contributed by atoms with E-state index in [1.807, 2.05) is 30.3 Å². The number of methoxy groups -OCH3 is 1. The number of rotatable bonds is 5. The van der Waals surface area contributed by atoms with Crippen LogP contribution in [0.5, 0.6) is 0 Å². The molecule has 0 amide bonds. The van der Waals surface area contributed by atoms with Crippen molar-refractivity contribution in [2.24, 2.45) is 0 Å². The first-order valence-corrected chi connectivity index (χ1v) is 6.31. The maximum absolute atomic E-state index is 13.1. The quantitative estimate of drug-likeness (QED) is 0.851. The van der Waals surface area contributed by atoms with Crippen molar-refractivity contribution in [1.29, 1.82) is 0 Å². The lowest BCUT2D eigenvalue weighted by Gasteiger charge is -2.17. The highest BCUT2D eigenvalue weighted by Crippen LogP contribution is 2.15. The summed E-state index contributed by atoms with van der Waals surface area (Å²) in [5, 5.41) is 3.09. The van der Waals surface area contributed by atoms with Crippen molar-refractivity contribution in [1.82, 2.24) is 5.32 Å². The average Bonchev–Trinajstić information content (AvgIpc) is 2.48. The molecule has 1 atom stereocenters. The van der Waals surface area contributed by atoms with Gasteiger partial charge in [0.1, 0.15) is 11.9 Å². The van der Waals surface area contributed by atoms with Crippen LogP contribution in [0.2, 0.25) is 0 Å². The first-order valence-electron chi connectivity index (χ1n) is 6.31. The molecule has 2 rings (SSSR count). The van der Waals surface area contributed by atoms with Gasteiger partial charge in [0, 0.05) is 6.54 Å². The van der Waals surface area contributed by atoms with Gasteiger partial charge in [0.05, 0.1) is 7.11 Å². The van der Waals surface area contributed by atoms with Crippen molar-refractivity contribution in [3.8, 4) is 0 Å². The molecule has 0 heterocycles. The molecule has 2 aromatic rings. The highest BCUT2D eigenvalue weighted by molar-refractivity contribution is 5.77. The number of benzene rings is 2. The molecule has 3 nitrogen and oxygen atoms in total. The number of esters is 1. The Morgan fingerprint density at radius 3 is 2.60 bits per heavy atom. The van der Waals surface area contributed by atoms with Gasteiger partial charge in [0.25, 0.3) is 0 Å². The van der Waals surface area contributed by atoms with Gasteiger partial charge in [-0.3, -0.25) is 5.32 Å². The number of halogens is 1. The number of hydrogen-bond acceptors (Lipinski definition) is 3. The molecule has 0 spiro atoms. The molecular weight excluding hydrogens is 257 g/mol. The van der Waals surface area contributed by atoms with Crippen molar-refractivity contribution >= 4 is 5.97 Å². The minimum Gasteiger partial charge on any atom is -0.468 e. The van der Waals surface area contributed by atoms with E-state index in [1.54, 1.807) is 12.1 Å². The summed E-state index contributed by atoms with van der Waals surface area (Å²) in [5.41, 5.74) is 1.59. The Kier molecular flexibility index (Phi) is 4.85. The van der Waals surface area contributed by atoms with Crippen LogP contribution in [0.15, 0.2) is 54.6 Å². The van der Waals surface area contributed by atoms with Crippen LogP contribution in [0.25, 0.3) is 0 Å². The van der Waals surface area contributed by atoms with Crippen LogP contribution in [0.3, 0.4) is 0 Å². The van der Waals surface area contributed by atoms with Gasteiger partial charge < -0.3 is 4.74 Å². The van der Waals surface area contributed by atoms with E-state index in [1.165, 1.54) is 19.2 Å². The number of hydrogen-bond donors (Lipinski definition) is 1. The molecule has 0 bridgehead atoms. The Hall–Kier alpha value is -2.20. The Morgan fingerprint density at radius 2 is 1.95 bits per heavy atom. The van der Waals surface area contributed by atoms with Crippen LogP contribution in [0.4, 0.5) is 4.39 Å². The number of ether oxygens (including phenoxy) is 1. The largest absolute Gasteiger partial charge is 0.468 e. The highest BCUT2D eigenvalue weighted by Gasteiger charge is 2.20. The molecule has 1 unspecified atom stereocenters. The van der Waals surface area contributed by atoms with E-state index in [-0.39, 0.29) is 11.8 Å². The molecule has 0 aliphatic heterocycles. The molecule has 0 aliphatic carbocycles. The van der Waals surface area contributed by atoms with Gasteiger partial charge in [0.15, 0.2) is 0 Å². The van der Waals surface area contributed by atoms with Crippen LogP contribution in [-0.2, 0) is 16.1 Å². The molecule has 0 aliphatic rings. The topological polar surface area (TPSA) is 38.3 Å². The molecule has 1 N–H and O–H groups in total. The summed E-state index contributed by atoms with van der Waals surface area (Å²) in [7, 11) is 1.35. The molecule has 20 heavy (non-hydrogen) atoms. The van der Waals surface area contributed by atoms with Gasteiger partial charge in [-0.15, -0.1) is 0 Å². The SMILES string of the molecule is COC(=O)C(NCc1cccc(F)c1)c1ccccc1. The third kappa shape index (κ3) is 3.65. The van der Waals surface area contributed by atoms with Crippen molar-refractivity contribution in [2.45, 2.75) is 12.6 Å². The number of carbonyl (C=O) groups excluding carboxylic acids is 1. The Balaban J connectivity index is 2.11. The standard InChI is InChI=1S/C16H16FNO2/c1-20-16(19)15(13-7-3-2-4-8-13)18-11-12-6-5-9-14(17)10-12/h2-10,15,18H,11H2,1H3. The number of carbonyl (C=O) groups is 1. The summed E-state index contributed by atoms with van der Waals surface area (Å²) in [6, 6.07) is 15.0. The lowest BCUT2D eigenvalue weighted by Crippen LogP contribution is -2.29. The van der Waals surface area contributed by atoms with Gasteiger partial charge in [-0.25, -0.2) is 9.18 Å². The smallest absolute Gasteiger partial charge is 0.327 e.